The maximum absolute atomic E-state index is 11.7. The highest BCUT2D eigenvalue weighted by Gasteiger charge is 2.03. The number of nitrogens with one attached hydrogen (secondary N) is 1. The molecule has 1 aromatic carbocycles. The van der Waals surface area contributed by atoms with Crippen LogP contribution in [0.4, 0.5) is 5.82 Å². The third kappa shape index (κ3) is 5.04. The number of nitrogens with zero attached hydrogens (tertiary/aromatic N) is 1. The largest absolute Gasteiger partial charge is 0.311 e. The maximum atomic E-state index is 11.7. The number of anilines is 1. The Morgan fingerprint density at radius 3 is 2.68 bits per heavy atom. The molecule has 5 heteroatoms. The highest BCUT2D eigenvalue weighted by atomic mass is 79.9. The van der Waals surface area contributed by atoms with Gasteiger partial charge in [-0.2, -0.15) is 0 Å². The Balaban J connectivity index is 1.74. The summed E-state index contributed by atoms with van der Waals surface area (Å²) in [6.07, 6.45) is 2.13. The first-order valence-corrected chi connectivity index (χ1v) is 7.61. The maximum Gasteiger partial charge on any atom is 0.226 e. The molecular weight excluding hydrogens is 324 g/mol. The lowest BCUT2D eigenvalue weighted by atomic mass is 10.4. The molecule has 2 aromatic rings. The van der Waals surface area contributed by atoms with E-state index in [0.717, 1.165) is 10.2 Å². The van der Waals surface area contributed by atoms with Crippen LogP contribution in [0.15, 0.2) is 58.0 Å². The zero-order valence-corrected chi connectivity index (χ0v) is 12.6. The van der Waals surface area contributed by atoms with Crippen molar-refractivity contribution in [3.05, 3.63) is 53.1 Å². The lowest BCUT2D eigenvalue weighted by Gasteiger charge is -2.04. The molecule has 0 atom stereocenters. The van der Waals surface area contributed by atoms with E-state index in [1.54, 1.807) is 24.0 Å². The van der Waals surface area contributed by atoms with Gasteiger partial charge < -0.3 is 5.32 Å². The predicted octanol–water partition coefficient (Wildman–Crippen LogP) is 3.97. The highest BCUT2D eigenvalue weighted by molar-refractivity contribution is 9.10. The first-order valence-electron chi connectivity index (χ1n) is 5.83. The molecule has 0 aliphatic heterocycles. The Morgan fingerprint density at radius 2 is 2.00 bits per heavy atom. The first kappa shape index (κ1) is 14.1. The summed E-state index contributed by atoms with van der Waals surface area (Å²) in [6.45, 7) is 0. The van der Waals surface area contributed by atoms with Gasteiger partial charge in [0.1, 0.15) is 5.82 Å². The number of benzene rings is 1. The fraction of sp³-hybridized carbons (Fsp3) is 0.143. The molecule has 3 nitrogen and oxygen atoms in total. The van der Waals surface area contributed by atoms with Crippen molar-refractivity contribution in [2.45, 2.75) is 11.3 Å². The summed E-state index contributed by atoms with van der Waals surface area (Å²) >= 11 is 4.97. The van der Waals surface area contributed by atoms with Crippen LogP contribution in [0.25, 0.3) is 0 Å². The molecule has 0 fully saturated rings. The Bertz CT molecular complexity index is 531. The van der Waals surface area contributed by atoms with Gasteiger partial charge in [0.2, 0.25) is 5.91 Å². The average molecular weight is 337 g/mol. The summed E-state index contributed by atoms with van der Waals surface area (Å²) in [5.74, 6) is 1.32. The van der Waals surface area contributed by atoms with E-state index in [-0.39, 0.29) is 5.91 Å². The third-order valence-electron chi connectivity index (χ3n) is 2.34. The minimum absolute atomic E-state index is 0.0155. The van der Waals surface area contributed by atoms with Crippen molar-refractivity contribution in [1.29, 1.82) is 0 Å². The molecule has 1 aromatic heterocycles. The molecule has 1 N–H and O–H groups in total. The minimum Gasteiger partial charge on any atom is -0.311 e. The van der Waals surface area contributed by atoms with Crippen molar-refractivity contribution < 1.29 is 4.79 Å². The molecule has 2 rings (SSSR count). The standard InChI is InChI=1S/C14H13BrN2OS/c15-11-6-7-13(16-10-11)17-14(18)8-9-19-12-4-2-1-3-5-12/h1-7,10H,8-9H2,(H,16,17,18). The smallest absolute Gasteiger partial charge is 0.226 e. The Morgan fingerprint density at radius 1 is 1.21 bits per heavy atom. The molecule has 0 aliphatic rings. The summed E-state index contributed by atoms with van der Waals surface area (Å²) in [5.41, 5.74) is 0. The lowest BCUT2D eigenvalue weighted by molar-refractivity contribution is -0.115. The Hall–Kier alpha value is -1.33. The van der Waals surface area contributed by atoms with Gasteiger partial charge in [0.25, 0.3) is 0 Å². The average Bonchev–Trinajstić information content (AvgIpc) is 2.43. The van der Waals surface area contributed by atoms with Crippen LogP contribution in [-0.2, 0) is 4.79 Å². The van der Waals surface area contributed by atoms with E-state index in [1.807, 2.05) is 36.4 Å². The second-order valence-electron chi connectivity index (χ2n) is 3.82. The van der Waals surface area contributed by atoms with Crippen LogP contribution in [-0.4, -0.2) is 16.6 Å². The quantitative estimate of drug-likeness (QED) is 0.840. The molecule has 98 valence electrons. The van der Waals surface area contributed by atoms with E-state index in [1.165, 1.54) is 4.90 Å². The first-order chi connectivity index (χ1) is 9.24. The van der Waals surface area contributed by atoms with Crippen molar-refractivity contribution in [2.75, 3.05) is 11.1 Å². The minimum atomic E-state index is -0.0155. The molecule has 0 bridgehead atoms. The van der Waals surface area contributed by atoms with Gasteiger partial charge in [-0.05, 0) is 40.2 Å². The Kier molecular flexibility index (Phi) is 5.42. The number of hydrogen-bond donors (Lipinski definition) is 1. The SMILES string of the molecule is O=C(CCSc1ccccc1)Nc1ccc(Br)cn1. The summed E-state index contributed by atoms with van der Waals surface area (Å²) in [4.78, 5) is 17.0. The fourth-order valence-corrected chi connectivity index (χ4v) is 2.54. The summed E-state index contributed by atoms with van der Waals surface area (Å²) in [5, 5.41) is 2.77. The number of rotatable bonds is 5. The van der Waals surface area contributed by atoms with E-state index >= 15 is 0 Å². The van der Waals surface area contributed by atoms with E-state index in [4.69, 9.17) is 0 Å². The topological polar surface area (TPSA) is 42.0 Å². The summed E-state index contributed by atoms with van der Waals surface area (Å²) in [6, 6.07) is 13.7. The molecule has 19 heavy (non-hydrogen) atoms. The molecule has 0 saturated carbocycles. The number of carbonyl (C=O) groups excluding carboxylic acids is 1. The number of halogens is 1. The van der Waals surface area contributed by atoms with E-state index in [2.05, 4.69) is 26.2 Å². The number of amides is 1. The van der Waals surface area contributed by atoms with Crippen LogP contribution in [0.5, 0.6) is 0 Å². The number of hydrogen-bond acceptors (Lipinski definition) is 3. The van der Waals surface area contributed by atoms with Crippen molar-refractivity contribution in [2.24, 2.45) is 0 Å². The van der Waals surface area contributed by atoms with Crippen molar-refractivity contribution in [3.63, 3.8) is 0 Å². The van der Waals surface area contributed by atoms with Crippen molar-refractivity contribution >= 4 is 39.4 Å². The third-order valence-corrected chi connectivity index (χ3v) is 3.82. The number of aromatic nitrogens is 1. The Labute approximate surface area is 125 Å². The predicted molar refractivity (Wildman–Crippen MR) is 82.3 cm³/mol. The lowest BCUT2D eigenvalue weighted by Crippen LogP contribution is -2.13. The molecule has 1 heterocycles. The van der Waals surface area contributed by atoms with E-state index < -0.39 is 0 Å². The second-order valence-corrected chi connectivity index (χ2v) is 5.91. The number of carbonyl (C=O) groups is 1. The van der Waals surface area contributed by atoms with Crippen LogP contribution in [0, 0.1) is 0 Å². The summed E-state index contributed by atoms with van der Waals surface area (Å²) in [7, 11) is 0. The number of pyridine rings is 1. The van der Waals surface area contributed by atoms with E-state index in [9.17, 15) is 4.79 Å². The summed E-state index contributed by atoms with van der Waals surface area (Å²) < 4.78 is 0.894. The molecule has 0 spiro atoms. The van der Waals surface area contributed by atoms with Gasteiger partial charge in [-0.25, -0.2) is 4.98 Å². The van der Waals surface area contributed by atoms with Gasteiger partial charge in [-0.3, -0.25) is 4.79 Å². The molecular formula is C14H13BrN2OS. The molecule has 1 amide bonds. The van der Waals surface area contributed by atoms with Crippen molar-refractivity contribution in [3.8, 4) is 0 Å². The van der Waals surface area contributed by atoms with Crippen LogP contribution in [0.2, 0.25) is 0 Å². The van der Waals surface area contributed by atoms with Gasteiger partial charge >= 0.3 is 0 Å². The van der Waals surface area contributed by atoms with E-state index in [0.29, 0.717) is 12.2 Å². The molecule has 0 aliphatic carbocycles. The van der Waals surface area contributed by atoms with Gasteiger partial charge in [-0.15, -0.1) is 11.8 Å². The van der Waals surface area contributed by atoms with Crippen molar-refractivity contribution in [1.82, 2.24) is 4.98 Å². The molecule has 0 unspecified atom stereocenters. The second kappa shape index (κ2) is 7.31. The van der Waals surface area contributed by atoms with Crippen LogP contribution < -0.4 is 5.32 Å². The van der Waals surface area contributed by atoms with Crippen LogP contribution in [0.1, 0.15) is 6.42 Å². The van der Waals surface area contributed by atoms with Crippen LogP contribution >= 0.6 is 27.7 Å². The highest BCUT2D eigenvalue weighted by Crippen LogP contribution is 2.18. The van der Waals surface area contributed by atoms with Gasteiger partial charge in [-0.1, -0.05) is 18.2 Å². The zero-order valence-electron chi connectivity index (χ0n) is 10.2. The van der Waals surface area contributed by atoms with Gasteiger partial charge in [0.15, 0.2) is 0 Å². The fourth-order valence-electron chi connectivity index (χ4n) is 1.43. The van der Waals surface area contributed by atoms with Gasteiger partial charge in [0.05, 0.1) is 0 Å². The monoisotopic (exact) mass is 336 g/mol. The van der Waals surface area contributed by atoms with Gasteiger partial charge in [0, 0.05) is 27.7 Å². The zero-order chi connectivity index (χ0) is 13.5. The van der Waals surface area contributed by atoms with Crippen LogP contribution in [0.3, 0.4) is 0 Å². The number of thioether (sulfide) groups is 1. The normalized spacial score (nSPS) is 10.2. The molecule has 0 saturated heterocycles. The molecule has 0 radical (unpaired) electrons.